The number of aromatic amines is 1. The maximum atomic E-state index is 12.3. The van der Waals surface area contributed by atoms with E-state index in [9.17, 15) is 4.79 Å². The molecular weight excluding hydrogens is 476 g/mol. The number of nitrogens with one attached hydrogen (secondary N) is 1. The van der Waals surface area contributed by atoms with Gasteiger partial charge in [-0.1, -0.05) is 64.1 Å². The van der Waals surface area contributed by atoms with Crippen LogP contribution in [0.4, 0.5) is 0 Å². The number of Topliss-reactive ketones (excluding diaryl/α,β-unsaturated/α-hetero) is 1. The molecule has 0 aliphatic carbocycles. The number of imidazole rings is 1. The predicted molar refractivity (Wildman–Crippen MR) is 124 cm³/mol. The Morgan fingerprint density at radius 3 is 2.45 bits per heavy atom. The normalized spacial score (nSPS) is 11.1. The Balaban J connectivity index is 1.27. The summed E-state index contributed by atoms with van der Waals surface area (Å²) in [6, 6.07) is 22.9. The van der Waals surface area contributed by atoms with Crippen molar-refractivity contribution in [2.45, 2.75) is 5.22 Å². The molecule has 3 aromatic carbocycles. The topological polar surface area (TPSA) is 84.7 Å². The Morgan fingerprint density at radius 1 is 0.935 bits per heavy atom. The third kappa shape index (κ3) is 4.30. The monoisotopic (exact) mass is 490 g/mol. The van der Waals surface area contributed by atoms with Crippen LogP contribution in [0.25, 0.3) is 33.9 Å². The molecule has 8 heteroatoms. The van der Waals surface area contributed by atoms with Crippen molar-refractivity contribution in [3.8, 4) is 22.8 Å². The van der Waals surface area contributed by atoms with Crippen LogP contribution in [0.1, 0.15) is 10.4 Å². The number of nitrogens with zero attached hydrogens (tertiary/aromatic N) is 3. The number of ketones is 1. The molecule has 0 bridgehead atoms. The van der Waals surface area contributed by atoms with Crippen molar-refractivity contribution in [2.75, 3.05) is 5.75 Å². The van der Waals surface area contributed by atoms with Crippen molar-refractivity contribution in [1.29, 1.82) is 0 Å². The van der Waals surface area contributed by atoms with Crippen LogP contribution in [0.2, 0.25) is 0 Å². The first kappa shape index (κ1) is 19.7. The van der Waals surface area contributed by atoms with Crippen LogP contribution in [0, 0.1) is 0 Å². The first-order chi connectivity index (χ1) is 15.2. The molecule has 0 saturated heterocycles. The van der Waals surface area contributed by atoms with Crippen molar-refractivity contribution < 1.29 is 9.21 Å². The van der Waals surface area contributed by atoms with Gasteiger partial charge < -0.3 is 9.40 Å². The lowest BCUT2D eigenvalue weighted by Crippen LogP contribution is -2.01. The van der Waals surface area contributed by atoms with Crippen LogP contribution in [-0.2, 0) is 0 Å². The lowest BCUT2D eigenvalue weighted by atomic mass is 10.1. The summed E-state index contributed by atoms with van der Waals surface area (Å²) in [6.07, 6.45) is 0. The highest BCUT2D eigenvalue weighted by atomic mass is 79.9. The average molecular weight is 491 g/mol. The van der Waals surface area contributed by atoms with E-state index in [4.69, 9.17) is 4.42 Å². The van der Waals surface area contributed by atoms with Crippen molar-refractivity contribution in [1.82, 2.24) is 20.2 Å². The highest BCUT2D eigenvalue weighted by Gasteiger charge is 2.13. The number of rotatable bonds is 6. The number of hydrogen-bond donors (Lipinski definition) is 1. The smallest absolute Gasteiger partial charge is 0.277 e. The Hall–Kier alpha value is -3.23. The lowest BCUT2D eigenvalue weighted by molar-refractivity contribution is 0.102. The number of hydrogen-bond acceptors (Lipinski definition) is 6. The maximum absolute atomic E-state index is 12.3. The second-order valence-electron chi connectivity index (χ2n) is 6.77. The second-order valence-corrected chi connectivity index (χ2v) is 8.61. The summed E-state index contributed by atoms with van der Waals surface area (Å²) in [5.74, 6) is 1.46. The molecule has 0 amide bonds. The number of H-pyrrole nitrogens is 1. The number of carbonyl (C=O) groups is 1. The van der Waals surface area contributed by atoms with Gasteiger partial charge in [0.25, 0.3) is 5.22 Å². The van der Waals surface area contributed by atoms with Crippen LogP contribution >= 0.6 is 27.7 Å². The summed E-state index contributed by atoms with van der Waals surface area (Å²) in [5.41, 5.74) is 4.35. The van der Waals surface area contributed by atoms with Crippen LogP contribution in [0.15, 0.2) is 86.9 Å². The van der Waals surface area contributed by atoms with Gasteiger partial charge in [0, 0.05) is 21.2 Å². The Kier molecular flexibility index (Phi) is 5.40. The summed E-state index contributed by atoms with van der Waals surface area (Å²) >= 11 is 4.59. The molecule has 5 rings (SSSR count). The van der Waals surface area contributed by atoms with Crippen molar-refractivity contribution >= 4 is 44.5 Å². The minimum absolute atomic E-state index is 0.00689. The quantitative estimate of drug-likeness (QED) is 0.231. The van der Waals surface area contributed by atoms with Crippen LogP contribution in [0.5, 0.6) is 0 Å². The maximum Gasteiger partial charge on any atom is 0.277 e. The highest BCUT2D eigenvalue weighted by molar-refractivity contribution is 9.10. The lowest BCUT2D eigenvalue weighted by Gasteiger charge is -1.99. The van der Waals surface area contributed by atoms with E-state index >= 15 is 0 Å². The number of thioether (sulfide) groups is 1. The van der Waals surface area contributed by atoms with Gasteiger partial charge in [-0.2, -0.15) is 0 Å². The molecule has 2 heterocycles. The Labute approximate surface area is 190 Å². The molecule has 31 heavy (non-hydrogen) atoms. The van der Waals surface area contributed by atoms with E-state index in [1.54, 1.807) is 12.1 Å². The third-order valence-corrected chi connectivity index (χ3v) is 6.04. The summed E-state index contributed by atoms with van der Waals surface area (Å²) in [4.78, 5) is 20.2. The van der Waals surface area contributed by atoms with E-state index in [1.807, 2.05) is 60.7 Å². The number of halogens is 1. The molecule has 6 nitrogen and oxygen atoms in total. The first-order valence-electron chi connectivity index (χ1n) is 9.46. The highest BCUT2D eigenvalue weighted by Crippen LogP contribution is 2.27. The minimum Gasteiger partial charge on any atom is -0.411 e. The summed E-state index contributed by atoms with van der Waals surface area (Å²) in [7, 11) is 0. The molecule has 5 aromatic rings. The first-order valence-corrected chi connectivity index (χ1v) is 11.2. The van der Waals surface area contributed by atoms with E-state index in [-0.39, 0.29) is 11.5 Å². The van der Waals surface area contributed by atoms with Crippen molar-refractivity contribution in [3.05, 3.63) is 82.8 Å². The van der Waals surface area contributed by atoms with Gasteiger partial charge in [0.05, 0.1) is 16.8 Å². The molecule has 0 aliphatic heterocycles. The van der Waals surface area contributed by atoms with Gasteiger partial charge in [0.2, 0.25) is 5.89 Å². The molecule has 0 unspecified atom stereocenters. The fraction of sp³-hybridized carbons (Fsp3) is 0.0435. The van der Waals surface area contributed by atoms with Gasteiger partial charge in [-0.05, 0) is 36.4 Å². The number of benzene rings is 3. The van der Waals surface area contributed by atoms with Gasteiger partial charge in [0.1, 0.15) is 5.82 Å². The van der Waals surface area contributed by atoms with Gasteiger partial charge in [-0.15, -0.1) is 10.2 Å². The van der Waals surface area contributed by atoms with E-state index < -0.39 is 0 Å². The molecule has 0 aliphatic rings. The van der Waals surface area contributed by atoms with Crippen LogP contribution < -0.4 is 0 Å². The summed E-state index contributed by atoms with van der Waals surface area (Å²) in [6.45, 7) is 0. The van der Waals surface area contributed by atoms with Crippen molar-refractivity contribution in [2.24, 2.45) is 0 Å². The van der Waals surface area contributed by atoms with Gasteiger partial charge in [0.15, 0.2) is 5.78 Å². The molecule has 0 saturated carbocycles. The standard InChI is InChI=1S/C23H15BrN4O2S/c24-17-11-9-14(10-12-17)20(29)13-31-23-28-27-22(30-23)16-7-5-15(6-8-16)21-25-18-3-1-2-4-19(18)26-21/h1-12H,13H2,(H,25,26). The van der Waals surface area contributed by atoms with Gasteiger partial charge in [-0.3, -0.25) is 4.79 Å². The number of fused-ring (bicyclic) bond motifs is 1. The second kappa shape index (κ2) is 8.49. The number of para-hydroxylation sites is 2. The van der Waals surface area contributed by atoms with E-state index in [0.717, 1.165) is 32.5 Å². The predicted octanol–water partition coefficient (Wildman–Crippen LogP) is 6.02. The SMILES string of the molecule is O=C(CSc1nnc(-c2ccc(-c3nc4ccccc4[nH]3)cc2)o1)c1ccc(Br)cc1. The van der Waals surface area contributed by atoms with E-state index in [2.05, 4.69) is 36.1 Å². The van der Waals surface area contributed by atoms with E-state index in [0.29, 0.717) is 16.7 Å². The molecule has 1 N–H and O–H groups in total. The molecule has 0 fully saturated rings. The molecule has 2 aromatic heterocycles. The molecule has 0 atom stereocenters. The fourth-order valence-electron chi connectivity index (χ4n) is 3.09. The fourth-order valence-corrected chi connectivity index (χ4v) is 4.01. The van der Waals surface area contributed by atoms with Crippen molar-refractivity contribution in [3.63, 3.8) is 0 Å². The zero-order valence-corrected chi connectivity index (χ0v) is 18.5. The largest absolute Gasteiger partial charge is 0.411 e. The summed E-state index contributed by atoms with van der Waals surface area (Å²) < 4.78 is 6.66. The Bertz CT molecular complexity index is 1330. The molecule has 0 radical (unpaired) electrons. The van der Waals surface area contributed by atoms with Gasteiger partial charge >= 0.3 is 0 Å². The molecule has 0 spiro atoms. The Morgan fingerprint density at radius 2 is 1.68 bits per heavy atom. The van der Waals surface area contributed by atoms with Crippen LogP contribution in [0.3, 0.4) is 0 Å². The number of aromatic nitrogens is 4. The van der Waals surface area contributed by atoms with E-state index in [1.165, 1.54) is 11.8 Å². The van der Waals surface area contributed by atoms with Crippen LogP contribution in [-0.4, -0.2) is 31.7 Å². The molecular formula is C23H15BrN4O2S. The molecule has 152 valence electrons. The number of carbonyl (C=O) groups excluding carboxylic acids is 1. The third-order valence-electron chi connectivity index (χ3n) is 4.69. The minimum atomic E-state index is 0.00689. The summed E-state index contributed by atoms with van der Waals surface area (Å²) in [5, 5.41) is 8.52. The zero-order chi connectivity index (χ0) is 21.2. The average Bonchev–Trinajstić information content (AvgIpc) is 3.45. The zero-order valence-electron chi connectivity index (χ0n) is 16.1. The van der Waals surface area contributed by atoms with Gasteiger partial charge in [-0.25, -0.2) is 4.98 Å².